The van der Waals surface area contributed by atoms with Gasteiger partial charge in [0.15, 0.2) is 0 Å². The summed E-state index contributed by atoms with van der Waals surface area (Å²) >= 11 is 0. The lowest BCUT2D eigenvalue weighted by Crippen LogP contribution is -2.26. The maximum atomic E-state index is 12.7. The van der Waals surface area contributed by atoms with Gasteiger partial charge in [-0.05, 0) is 57.0 Å². The number of fused-ring (bicyclic) bond motifs is 1. The van der Waals surface area contributed by atoms with Crippen molar-refractivity contribution in [2.45, 2.75) is 56.8 Å². The SMILES string of the molecule is CCOc1cc2c(cc1COC(=O)c1ccc(OC)c(S(=O)(=O)NC3CC3)c1)O[C@@H](C)C2. The van der Waals surface area contributed by atoms with Crippen LogP contribution in [0.25, 0.3) is 0 Å². The van der Waals surface area contributed by atoms with Crippen LogP contribution in [0.1, 0.15) is 48.2 Å². The fourth-order valence-electron chi connectivity index (χ4n) is 3.61. The highest BCUT2D eigenvalue weighted by molar-refractivity contribution is 7.89. The highest BCUT2D eigenvalue weighted by atomic mass is 32.2. The molecule has 2 aromatic rings. The zero-order valence-corrected chi connectivity index (χ0v) is 19.2. The average Bonchev–Trinajstić information content (AvgIpc) is 3.49. The van der Waals surface area contributed by atoms with Gasteiger partial charge in [0, 0.05) is 23.6 Å². The Morgan fingerprint density at radius 1 is 1.19 bits per heavy atom. The molecule has 0 radical (unpaired) electrons. The summed E-state index contributed by atoms with van der Waals surface area (Å²) in [5.74, 6) is 0.922. The third-order valence-corrected chi connectivity index (χ3v) is 6.87. The van der Waals surface area contributed by atoms with E-state index in [1.165, 1.54) is 25.3 Å². The van der Waals surface area contributed by atoms with Crippen LogP contribution in [0.2, 0.25) is 0 Å². The first-order valence-corrected chi connectivity index (χ1v) is 12.1. The first-order chi connectivity index (χ1) is 15.3. The fourth-order valence-corrected chi connectivity index (χ4v) is 5.11. The molecule has 0 aromatic heterocycles. The van der Waals surface area contributed by atoms with Gasteiger partial charge in [0.05, 0.1) is 19.3 Å². The molecule has 0 amide bonds. The second kappa shape index (κ2) is 8.99. The van der Waals surface area contributed by atoms with Gasteiger partial charge in [0.2, 0.25) is 10.0 Å². The number of hydrogen-bond donors (Lipinski definition) is 1. The Morgan fingerprint density at radius 2 is 1.97 bits per heavy atom. The summed E-state index contributed by atoms with van der Waals surface area (Å²) in [4.78, 5) is 12.6. The molecule has 1 fully saturated rings. The molecule has 4 rings (SSSR count). The summed E-state index contributed by atoms with van der Waals surface area (Å²) < 4.78 is 50.2. The predicted molar refractivity (Wildman–Crippen MR) is 117 cm³/mol. The third kappa shape index (κ3) is 4.83. The van der Waals surface area contributed by atoms with Crippen LogP contribution in [0.4, 0.5) is 0 Å². The summed E-state index contributed by atoms with van der Waals surface area (Å²) in [5.41, 5.74) is 1.86. The number of esters is 1. The number of methoxy groups -OCH3 is 1. The van der Waals surface area contributed by atoms with Crippen molar-refractivity contribution in [3.8, 4) is 17.2 Å². The van der Waals surface area contributed by atoms with E-state index >= 15 is 0 Å². The molecule has 1 atom stereocenters. The van der Waals surface area contributed by atoms with Crippen molar-refractivity contribution in [2.24, 2.45) is 0 Å². The van der Waals surface area contributed by atoms with Crippen LogP contribution in [0.3, 0.4) is 0 Å². The molecule has 1 N–H and O–H groups in total. The monoisotopic (exact) mass is 461 g/mol. The van der Waals surface area contributed by atoms with Gasteiger partial charge in [-0.25, -0.2) is 17.9 Å². The van der Waals surface area contributed by atoms with Gasteiger partial charge in [-0.3, -0.25) is 0 Å². The van der Waals surface area contributed by atoms with Gasteiger partial charge in [0.1, 0.15) is 34.9 Å². The lowest BCUT2D eigenvalue weighted by molar-refractivity contribution is 0.0469. The molecule has 0 unspecified atom stereocenters. The molecule has 2 aromatic carbocycles. The Bertz CT molecular complexity index is 1130. The minimum absolute atomic E-state index is 0.0341. The normalized spacial score (nSPS) is 17.4. The molecule has 0 bridgehead atoms. The smallest absolute Gasteiger partial charge is 0.338 e. The minimum atomic E-state index is -3.81. The molecule has 32 heavy (non-hydrogen) atoms. The maximum Gasteiger partial charge on any atom is 0.338 e. The van der Waals surface area contributed by atoms with E-state index in [4.69, 9.17) is 18.9 Å². The van der Waals surface area contributed by atoms with E-state index < -0.39 is 16.0 Å². The fraction of sp³-hybridized carbons (Fsp3) is 0.435. The van der Waals surface area contributed by atoms with Crippen LogP contribution in [0.15, 0.2) is 35.2 Å². The van der Waals surface area contributed by atoms with E-state index in [1.54, 1.807) is 0 Å². The molecule has 8 nitrogen and oxygen atoms in total. The van der Waals surface area contributed by atoms with Crippen LogP contribution >= 0.6 is 0 Å². The van der Waals surface area contributed by atoms with Crippen molar-refractivity contribution in [2.75, 3.05) is 13.7 Å². The standard InChI is InChI=1S/C23H27NO7S/c1-4-29-20-10-16-9-14(2)31-21(16)11-17(20)13-30-23(25)15-5-8-19(28-3)22(12-15)32(26,27)24-18-6-7-18/h5,8,10-12,14,18,24H,4,6-7,9,13H2,1-3H3/t14-/m0/s1. The van der Waals surface area contributed by atoms with Crippen LogP contribution in [0, 0.1) is 0 Å². The molecule has 1 heterocycles. The van der Waals surface area contributed by atoms with Gasteiger partial charge in [0.25, 0.3) is 0 Å². The van der Waals surface area contributed by atoms with E-state index in [9.17, 15) is 13.2 Å². The van der Waals surface area contributed by atoms with Gasteiger partial charge >= 0.3 is 5.97 Å². The Morgan fingerprint density at radius 3 is 2.66 bits per heavy atom. The lowest BCUT2D eigenvalue weighted by Gasteiger charge is -2.14. The van der Waals surface area contributed by atoms with Crippen molar-refractivity contribution in [3.05, 3.63) is 47.0 Å². The highest BCUT2D eigenvalue weighted by Crippen LogP contribution is 2.36. The van der Waals surface area contributed by atoms with Crippen LogP contribution in [-0.4, -0.2) is 40.2 Å². The number of hydrogen-bond acceptors (Lipinski definition) is 7. The summed E-state index contributed by atoms with van der Waals surface area (Å²) in [5, 5.41) is 0. The Labute approximate surface area is 187 Å². The molecule has 1 saturated carbocycles. The number of benzene rings is 2. The molecular weight excluding hydrogens is 434 g/mol. The van der Waals surface area contributed by atoms with Gasteiger partial charge in [-0.1, -0.05) is 0 Å². The predicted octanol–water partition coefficient (Wildman–Crippen LogP) is 3.22. The molecule has 9 heteroatoms. The Kier molecular flexibility index (Phi) is 6.30. The summed E-state index contributed by atoms with van der Waals surface area (Å²) in [7, 11) is -2.42. The van der Waals surface area contributed by atoms with Crippen molar-refractivity contribution in [1.29, 1.82) is 0 Å². The van der Waals surface area contributed by atoms with Crippen LogP contribution in [-0.2, 0) is 27.8 Å². The van der Waals surface area contributed by atoms with Crippen LogP contribution in [0.5, 0.6) is 17.2 Å². The molecule has 0 saturated heterocycles. The maximum absolute atomic E-state index is 12.7. The lowest BCUT2D eigenvalue weighted by atomic mass is 10.1. The number of carbonyl (C=O) groups is 1. The van der Waals surface area contributed by atoms with Crippen LogP contribution < -0.4 is 18.9 Å². The molecule has 1 aliphatic heterocycles. The molecule has 2 aliphatic rings. The van der Waals surface area contributed by atoms with Crippen molar-refractivity contribution in [3.63, 3.8) is 0 Å². The third-order valence-electron chi connectivity index (χ3n) is 5.33. The number of sulfonamides is 1. The van der Waals surface area contributed by atoms with Gasteiger partial charge in [-0.2, -0.15) is 0 Å². The van der Waals surface area contributed by atoms with Gasteiger partial charge < -0.3 is 18.9 Å². The topological polar surface area (TPSA) is 100 Å². The van der Waals surface area contributed by atoms with E-state index in [-0.39, 0.29) is 35.0 Å². The molecule has 0 spiro atoms. The van der Waals surface area contributed by atoms with Gasteiger partial charge in [-0.15, -0.1) is 0 Å². The highest BCUT2D eigenvalue weighted by Gasteiger charge is 2.30. The quantitative estimate of drug-likeness (QED) is 0.572. The molecule has 1 aliphatic carbocycles. The number of nitrogens with one attached hydrogen (secondary N) is 1. The zero-order chi connectivity index (χ0) is 22.9. The summed E-state index contributed by atoms with van der Waals surface area (Å²) in [6.07, 6.45) is 2.48. The summed E-state index contributed by atoms with van der Waals surface area (Å²) in [6, 6.07) is 7.90. The number of rotatable bonds is 9. The molecular formula is C23H27NO7S. The first kappa shape index (κ1) is 22.4. The second-order valence-electron chi connectivity index (χ2n) is 7.97. The Hall–Kier alpha value is -2.78. The second-order valence-corrected chi connectivity index (χ2v) is 9.65. The minimum Gasteiger partial charge on any atom is -0.495 e. The van der Waals surface area contributed by atoms with E-state index in [0.717, 1.165) is 30.6 Å². The van der Waals surface area contributed by atoms with Crippen molar-refractivity contribution < 1.29 is 32.2 Å². The first-order valence-electron chi connectivity index (χ1n) is 10.6. The number of carbonyl (C=O) groups excluding carboxylic acids is 1. The van der Waals surface area contributed by atoms with Crippen molar-refractivity contribution in [1.82, 2.24) is 4.72 Å². The van der Waals surface area contributed by atoms with E-state index in [2.05, 4.69) is 4.72 Å². The van der Waals surface area contributed by atoms with Crippen molar-refractivity contribution >= 4 is 16.0 Å². The largest absolute Gasteiger partial charge is 0.495 e. The van der Waals surface area contributed by atoms with E-state index in [0.29, 0.717) is 17.9 Å². The summed E-state index contributed by atoms with van der Waals surface area (Å²) in [6.45, 7) is 4.32. The molecule has 172 valence electrons. The van der Waals surface area contributed by atoms with E-state index in [1.807, 2.05) is 26.0 Å². The number of ether oxygens (including phenoxy) is 4. The Balaban J connectivity index is 1.53. The zero-order valence-electron chi connectivity index (χ0n) is 18.3. The average molecular weight is 462 g/mol.